The quantitative estimate of drug-likeness (QED) is 0.0959. The van der Waals surface area contributed by atoms with Crippen molar-refractivity contribution in [2.24, 2.45) is 28.3 Å². The van der Waals surface area contributed by atoms with Crippen LogP contribution in [0.1, 0.15) is 16.7 Å². The second kappa shape index (κ2) is 9.47. The summed E-state index contributed by atoms with van der Waals surface area (Å²) in [5.41, 5.74) is 17.5. The van der Waals surface area contributed by atoms with Gasteiger partial charge in [-0.15, -0.1) is 0 Å². The average molecular weight is 420 g/mol. The van der Waals surface area contributed by atoms with Crippen molar-refractivity contribution < 1.29 is 0 Å². The Morgan fingerprint density at radius 3 is 2.17 bits per heavy atom. The van der Waals surface area contributed by atoms with Gasteiger partial charge in [0.15, 0.2) is 0 Å². The molecule has 11 N–H and O–H groups in total. The summed E-state index contributed by atoms with van der Waals surface area (Å²) >= 11 is 1.10. The molecule has 4 aromatic rings. The van der Waals surface area contributed by atoms with Crippen LogP contribution in [0, 0.1) is 5.41 Å². The second-order valence-electron chi connectivity index (χ2n) is 6.66. The van der Waals surface area contributed by atoms with Crippen LogP contribution in [-0.2, 0) is 6.54 Å². The van der Waals surface area contributed by atoms with Crippen LogP contribution in [0.15, 0.2) is 72.1 Å². The van der Waals surface area contributed by atoms with Gasteiger partial charge in [0.05, 0.1) is 0 Å². The van der Waals surface area contributed by atoms with Gasteiger partial charge >= 0.3 is 0 Å². The smallest absolute Gasteiger partial charge is 0.122 e. The Morgan fingerprint density at radius 1 is 0.867 bits per heavy atom. The van der Waals surface area contributed by atoms with E-state index < -0.39 is 0 Å². The highest BCUT2D eigenvalue weighted by atomic mass is 32.2. The largest absolute Gasteiger partial charge is 0.398 e. The lowest BCUT2D eigenvalue weighted by molar-refractivity contribution is 0.869. The summed E-state index contributed by atoms with van der Waals surface area (Å²) in [7, 11) is 0. The monoisotopic (exact) mass is 419 g/mol. The van der Waals surface area contributed by atoms with Crippen molar-refractivity contribution in [2.45, 2.75) is 6.54 Å². The van der Waals surface area contributed by atoms with Gasteiger partial charge in [0.2, 0.25) is 0 Å². The Morgan fingerprint density at radius 2 is 1.50 bits per heavy atom. The van der Waals surface area contributed by atoms with Gasteiger partial charge in [-0.05, 0) is 35.4 Å². The molecule has 0 aliphatic carbocycles. The van der Waals surface area contributed by atoms with Gasteiger partial charge in [0.1, 0.15) is 5.84 Å². The zero-order valence-electron chi connectivity index (χ0n) is 16.4. The zero-order valence-corrected chi connectivity index (χ0v) is 17.2. The molecule has 1 heterocycles. The SMILES string of the molecule is N=C(N)c1ccc2c(c1)c1ccccc1n2Cc1ccc(/C(N)=C/SN)cc1.NN. The minimum absolute atomic E-state index is 0.0793. The van der Waals surface area contributed by atoms with Crippen molar-refractivity contribution in [3.8, 4) is 0 Å². The third-order valence-corrected chi connectivity index (χ3v) is 5.30. The van der Waals surface area contributed by atoms with E-state index in [4.69, 9.17) is 22.0 Å². The molecule has 0 unspecified atom stereocenters. The van der Waals surface area contributed by atoms with Gasteiger partial charge in [-0.25, -0.2) is 0 Å². The Bertz CT molecular complexity index is 1210. The van der Waals surface area contributed by atoms with E-state index in [0.717, 1.165) is 51.4 Å². The summed E-state index contributed by atoms with van der Waals surface area (Å²) in [6.45, 7) is 0.735. The number of nitrogen functional groups attached to an aromatic ring is 1. The first-order valence-corrected chi connectivity index (χ1v) is 10.1. The molecule has 3 aromatic carbocycles. The molecule has 0 saturated carbocycles. The fourth-order valence-corrected chi connectivity index (χ4v) is 3.80. The maximum atomic E-state index is 7.74. The number of nitrogens with zero attached hydrogens (tertiary/aromatic N) is 1. The minimum Gasteiger partial charge on any atom is -0.398 e. The molecule has 0 bridgehead atoms. The number of hydrazine groups is 1. The number of benzene rings is 3. The highest BCUT2D eigenvalue weighted by molar-refractivity contribution is 8.00. The molecule has 0 radical (unpaired) electrons. The molecule has 0 saturated heterocycles. The van der Waals surface area contributed by atoms with E-state index in [0.29, 0.717) is 5.70 Å². The van der Waals surface area contributed by atoms with Gasteiger partial charge in [0, 0.05) is 45.0 Å². The number of amidine groups is 1. The lowest BCUT2D eigenvalue weighted by atomic mass is 10.1. The third kappa shape index (κ3) is 4.17. The molecule has 7 nitrogen and oxygen atoms in total. The van der Waals surface area contributed by atoms with Crippen molar-refractivity contribution in [2.75, 3.05) is 0 Å². The van der Waals surface area contributed by atoms with Gasteiger partial charge in [-0.1, -0.05) is 54.4 Å². The first kappa shape index (κ1) is 21.4. The number of rotatable bonds is 5. The number of hydrogen-bond donors (Lipinski definition) is 6. The maximum Gasteiger partial charge on any atom is 0.122 e. The summed E-state index contributed by atoms with van der Waals surface area (Å²) in [6, 6.07) is 22.4. The highest BCUT2D eigenvalue weighted by Gasteiger charge is 2.12. The van der Waals surface area contributed by atoms with Crippen LogP contribution in [0.5, 0.6) is 0 Å². The first-order valence-electron chi connectivity index (χ1n) is 9.17. The molecular formula is C22H25N7S. The van der Waals surface area contributed by atoms with Gasteiger partial charge in [-0.2, -0.15) is 0 Å². The molecule has 154 valence electrons. The number of nitrogens with two attached hydrogens (primary N) is 5. The lowest BCUT2D eigenvalue weighted by Gasteiger charge is -2.09. The van der Waals surface area contributed by atoms with E-state index in [1.54, 1.807) is 5.41 Å². The Kier molecular flexibility index (Phi) is 6.76. The predicted molar refractivity (Wildman–Crippen MR) is 128 cm³/mol. The lowest BCUT2D eigenvalue weighted by Crippen LogP contribution is -2.10. The van der Waals surface area contributed by atoms with E-state index in [9.17, 15) is 0 Å². The standard InChI is InChI=1S/C22H21N5S.H4N2/c23-19(13-28-26)15-7-5-14(6-8-15)12-27-20-4-2-1-3-17(20)18-11-16(22(24)25)9-10-21(18)27;1-2/h1-11,13H,12,23,26H2,(H3,24,25);1-2H2/b19-13-;. The zero-order chi connectivity index (χ0) is 21.7. The van der Waals surface area contributed by atoms with Gasteiger partial charge < -0.3 is 16.0 Å². The first-order chi connectivity index (χ1) is 14.6. The van der Waals surface area contributed by atoms with Crippen molar-refractivity contribution in [3.05, 3.63) is 88.8 Å². The molecule has 30 heavy (non-hydrogen) atoms. The van der Waals surface area contributed by atoms with Crippen molar-refractivity contribution in [1.82, 2.24) is 4.57 Å². The van der Waals surface area contributed by atoms with E-state index in [1.165, 1.54) is 5.56 Å². The molecule has 0 spiro atoms. The Balaban J connectivity index is 0.00000124. The van der Waals surface area contributed by atoms with E-state index >= 15 is 0 Å². The number of fused-ring (bicyclic) bond motifs is 3. The van der Waals surface area contributed by atoms with Crippen molar-refractivity contribution in [3.63, 3.8) is 0 Å². The summed E-state index contributed by atoms with van der Waals surface area (Å²) < 4.78 is 2.29. The Labute approximate surface area is 179 Å². The van der Waals surface area contributed by atoms with E-state index in [-0.39, 0.29) is 5.84 Å². The fourth-order valence-electron chi connectivity index (χ4n) is 3.52. The second-order valence-corrected chi connectivity index (χ2v) is 7.16. The van der Waals surface area contributed by atoms with E-state index in [2.05, 4.69) is 40.5 Å². The number of hydrogen-bond acceptors (Lipinski definition) is 6. The van der Waals surface area contributed by atoms with Crippen LogP contribution in [0.2, 0.25) is 0 Å². The number of para-hydroxylation sites is 1. The number of aromatic nitrogens is 1. The van der Waals surface area contributed by atoms with Gasteiger partial charge in [0.25, 0.3) is 0 Å². The molecule has 0 fully saturated rings. The topological polar surface area (TPSA) is 159 Å². The third-order valence-electron chi connectivity index (χ3n) is 4.91. The van der Waals surface area contributed by atoms with Crippen LogP contribution in [0.4, 0.5) is 0 Å². The maximum absolute atomic E-state index is 7.74. The van der Waals surface area contributed by atoms with Crippen LogP contribution in [0.25, 0.3) is 27.5 Å². The summed E-state index contributed by atoms with van der Waals surface area (Å²) in [4.78, 5) is 0. The van der Waals surface area contributed by atoms with Crippen LogP contribution >= 0.6 is 11.9 Å². The fraction of sp³-hybridized carbons (Fsp3) is 0.0455. The van der Waals surface area contributed by atoms with Crippen molar-refractivity contribution >= 4 is 45.3 Å². The molecule has 0 aliphatic heterocycles. The van der Waals surface area contributed by atoms with Crippen LogP contribution < -0.4 is 28.3 Å². The Hall–Kier alpha value is -3.30. The molecular weight excluding hydrogens is 394 g/mol. The molecule has 0 aliphatic rings. The van der Waals surface area contributed by atoms with Crippen LogP contribution in [-0.4, -0.2) is 10.4 Å². The van der Waals surface area contributed by atoms with Gasteiger partial charge in [-0.3, -0.25) is 22.2 Å². The highest BCUT2D eigenvalue weighted by Crippen LogP contribution is 2.30. The minimum atomic E-state index is 0.0793. The number of nitrogens with one attached hydrogen (secondary N) is 1. The summed E-state index contributed by atoms with van der Waals surface area (Å²) in [5.74, 6) is 8.08. The average Bonchev–Trinajstić information content (AvgIpc) is 3.09. The molecule has 0 atom stereocenters. The summed E-state index contributed by atoms with van der Waals surface area (Å²) in [5, 5.41) is 17.2. The molecule has 4 rings (SSSR count). The molecule has 0 amide bonds. The predicted octanol–water partition coefficient (Wildman–Crippen LogP) is 2.81. The van der Waals surface area contributed by atoms with Crippen molar-refractivity contribution in [1.29, 1.82) is 5.41 Å². The van der Waals surface area contributed by atoms with Crippen LogP contribution in [0.3, 0.4) is 0 Å². The van der Waals surface area contributed by atoms with E-state index in [1.807, 2.05) is 42.5 Å². The summed E-state index contributed by atoms with van der Waals surface area (Å²) in [6.07, 6.45) is 0. The normalized spacial score (nSPS) is 11.4. The molecule has 1 aromatic heterocycles. The molecule has 8 heteroatoms.